The minimum Gasteiger partial charge on any atom is -0.391 e. The summed E-state index contributed by atoms with van der Waals surface area (Å²) in [6, 6.07) is 0. The average Bonchev–Trinajstić information content (AvgIpc) is 2.66. The van der Waals surface area contributed by atoms with Crippen molar-refractivity contribution in [3.8, 4) is 0 Å². The molecule has 0 aliphatic heterocycles. The first-order valence-electron chi connectivity index (χ1n) is 10.2. The van der Waals surface area contributed by atoms with E-state index in [9.17, 15) is 24.6 Å². The fraction of sp³-hybridized carbons (Fsp3) is 0.750. The fourth-order valence-electron chi connectivity index (χ4n) is 3.13. The van der Waals surface area contributed by atoms with E-state index in [2.05, 4.69) is 6.58 Å². The Balaban J connectivity index is 3.26. The Morgan fingerprint density at radius 1 is 0.929 bits per heavy atom. The molecule has 1 heterocycles. The predicted octanol–water partition coefficient (Wildman–Crippen LogP) is 1.10. The summed E-state index contributed by atoms with van der Waals surface area (Å²) in [4.78, 5) is 38.0. The molecule has 1 rings (SSSR count). The van der Waals surface area contributed by atoms with Crippen LogP contribution in [0.2, 0.25) is 0 Å². The van der Waals surface area contributed by atoms with Crippen LogP contribution in [-0.4, -0.2) is 36.1 Å². The normalized spacial score (nSPS) is 14.6. The van der Waals surface area contributed by atoms with E-state index in [0.29, 0.717) is 12.8 Å². The van der Waals surface area contributed by atoms with Crippen LogP contribution in [0.4, 0.5) is 0 Å². The Bertz CT molecular complexity index is 793. The van der Waals surface area contributed by atoms with Gasteiger partial charge in [-0.15, -0.1) is 6.58 Å². The van der Waals surface area contributed by atoms with Crippen molar-refractivity contribution in [1.29, 1.82) is 0 Å². The van der Waals surface area contributed by atoms with Gasteiger partial charge in [0.15, 0.2) is 0 Å². The molecular formula is C20H35N3O5. The maximum Gasteiger partial charge on any atom is 0.336 e. The largest absolute Gasteiger partial charge is 0.391 e. The van der Waals surface area contributed by atoms with Crippen LogP contribution in [0.1, 0.15) is 59.3 Å². The zero-order chi connectivity index (χ0) is 21.3. The molecule has 0 saturated heterocycles. The summed E-state index contributed by atoms with van der Waals surface area (Å²) in [5.74, 6) is 0.243. The molecule has 160 valence electrons. The van der Waals surface area contributed by atoms with E-state index in [4.69, 9.17) is 0 Å². The number of rotatable bonds is 13. The summed E-state index contributed by atoms with van der Waals surface area (Å²) in [5, 5.41) is 20.5. The maximum atomic E-state index is 12.8. The maximum absolute atomic E-state index is 12.8. The molecule has 3 atom stereocenters. The van der Waals surface area contributed by atoms with Gasteiger partial charge >= 0.3 is 17.1 Å². The Labute approximate surface area is 165 Å². The van der Waals surface area contributed by atoms with E-state index in [1.807, 2.05) is 20.8 Å². The van der Waals surface area contributed by atoms with Gasteiger partial charge in [-0.2, -0.15) is 0 Å². The summed E-state index contributed by atoms with van der Waals surface area (Å²) >= 11 is 0. The number of hydrogen-bond donors (Lipinski definition) is 2. The molecule has 0 fully saturated rings. The van der Waals surface area contributed by atoms with Gasteiger partial charge in [0.25, 0.3) is 0 Å². The third-order valence-electron chi connectivity index (χ3n) is 5.00. The first-order chi connectivity index (χ1) is 13.3. The minimum atomic E-state index is -0.877. The summed E-state index contributed by atoms with van der Waals surface area (Å²) in [6.45, 7) is 9.16. The van der Waals surface area contributed by atoms with Gasteiger partial charge in [0.05, 0.1) is 31.8 Å². The standard InChI is InChI=1S/C20H35N3O5/c1-5-8-9-10-16(24)13-22-18(26)21(11-6-2)19(27)23(20(22)28)14-17(25)12-15(4)7-3/h6,15-17,24-25H,2,5,7-14H2,1,3-4H3. The summed E-state index contributed by atoms with van der Waals surface area (Å²) in [5.41, 5.74) is -2.33. The second-order valence-corrected chi connectivity index (χ2v) is 7.52. The number of aromatic nitrogens is 3. The molecule has 0 aliphatic rings. The molecular weight excluding hydrogens is 362 g/mol. The van der Waals surface area contributed by atoms with Crippen LogP contribution < -0.4 is 17.1 Å². The molecule has 28 heavy (non-hydrogen) atoms. The molecule has 0 aliphatic carbocycles. The topological polar surface area (TPSA) is 106 Å². The molecule has 0 aromatic carbocycles. The van der Waals surface area contributed by atoms with E-state index < -0.39 is 29.3 Å². The molecule has 0 amide bonds. The van der Waals surface area contributed by atoms with Crippen LogP contribution in [0, 0.1) is 5.92 Å². The second-order valence-electron chi connectivity index (χ2n) is 7.52. The molecule has 1 aromatic heterocycles. The van der Waals surface area contributed by atoms with Gasteiger partial charge in [0.1, 0.15) is 0 Å². The van der Waals surface area contributed by atoms with E-state index in [-0.39, 0.29) is 25.6 Å². The first kappa shape index (κ1) is 24.1. The van der Waals surface area contributed by atoms with Crippen molar-refractivity contribution in [2.75, 3.05) is 0 Å². The number of allylic oxidation sites excluding steroid dienone is 1. The SMILES string of the molecule is C=CCn1c(=O)n(CC(O)CCCCC)c(=O)n(CC(O)CC(C)CC)c1=O. The molecule has 0 radical (unpaired) electrons. The van der Waals surface area contributed by atoms with Gasteiger partial charge in [0, 0.05) is 0 Å². The highest BCUT2D eigenvalue weighted by atomic mass is 16.3. The zero-order valence-corrected chi connectivity index (χ0v) is 17.3. The highest BCUT2D eigenvalue weighted by Gasteiger charge is 2.20. The van der Waals surface area contributed by atoms with Crippen molar-refractivity contribution in [3.63, 3.8) is 0 Å². The Hall–Kier alpha value is -1.93. The second kappa shape index (κ2) is 11.8. The van der Waals surface area contributed by atoms with Gasteiger partial charge in [-0.25, -0.2) is 28.1 Å². The number of nitrogens with zero attached hydrogens (tertiary/aromatic N) is 3. The van der Waals surface area contributed by atoms with E-state index in [1.54, 1.807) is 0 Å². The molecule has 1 aromatic rings. The van der Waals surface area contributed by atoms with Gasteiger partial charge in [0.2, 0.25) is 0 Å². The molecule has 8 heteroatoms. The van der Waals surface area contributed by atoms with Gasteiger partial charge in [-0.1, -0.05) is 52.5 Å². The quantitative estimate of drug-likeness (QED) is 0.383. The van der Waals surface area contributed by atoms with Crippen molar-refractivity contribution >= 4 is 0 Å². The van der Waals surface area contributed by atoms with Crippen molar-refractivity contribution in [1.82, 2.24) is 13.7 Å². The monoisotopic (exact) mass is 397 g/mol. The lowest BCUT2D eigenvalue weighted by Gasteiger charge is -2.19. The Kier molecular flexibility index (Phi) is 10.2. The fourth-order valence-corrected chi connectivity index (χ4v) is 3.13. The lowest BCUT2D eigenvalue weighted by Crippen LogP contribution is -2.56. The van der Waals surface area contributed by atoms with Crippen molar-refractivity contribution < 1.29 is 10.2 Å². The van der Waals surface area contributed by atoms with Crippen molar-refractivity contribution in [2.45, 2.75) is 91.1 Å². The van der Waals surface area contributed by atoms with E-state index in [0.717, 1.165) is 39.4 Å². The zero-order valence-electron chi connectivity index (χ0n) is 17.3. The smallest absolute Gasteiger partial charge is 0.336 e. The Morgan fingerprint density at radius 2 is 1.46 bits per heavy atom. The van der Waals surface area contributed by atoms with Gasteiger partial charge < -0.3 is 10.2 Å². The van der Waals surface area contributed by atoms with Crippen LogP contribution in [0.25, 0.3) is 0 Å². The van der Waals surface area contributed by atoms with E-state index in [1.165, 1.54) is 6.08 Å². The first-order valence-corrected chi connectivity index (χ1v) is 10.2. The molecule has 0 spiro atoms. The average molecular weight is 398 g/mol. The molecule has 0 bridgehead atoms. The minimum absolute atomic E-state index is 0.0503. The summed E-state index contributed by atoms with van der Waals surface area (Å²) < 4.78 is 2.68. The Morgan fingerprint density at radius 3 is 1.96 bits per heavy atom. The van der Waals surface area contributed by atoms with Crippen LogP contribution in [-0.2, 0) is 19.6 Å². The third kappa shape index (κ3) is 6.60. The summed E-state index contributed by atoms with van der Waals surface area (Å²) in [7, 11) is 0. The third-order valence-corrected chi connectivity index (χ3v) is 5.00. The predicted molar refractivity (Wildman–Crippen MR) is 110 cm³/mol. The highest BCUT2D eigenvalue weighted by Crippen LogP contribution is 2.10. The number of hydrogen-bond acceptors (Lipinski definition) is 5. The number of aliphatic hydroxyl groups excluding tert-OH is 2. The molecule has 8 nitrogen and oxygen atoms in total. The van der Waals surface area contributed by atoms with E-state index >= 15 is 0 Å². The van der Waals surface area contributed by atoms with Crippen molar-refractivity contribution in [2.24, 2.45) is 5.92 Å². The van der Waals surface area contributed by atoms with Gasteiger partial charge in [-0.3, -0.25) is 0 Å². The van der Waals surface area contributed by atoms with Crippen LogP contribution in [0.5, 0.6) is 0 Å². The van der Waals surface area contributed by atoms with Crippen LogP contribution in [0.3, 0.4) is 0 Å². The van der Waals surface area contributed by atoms with Crippen LogP contribution in [0.15, 0.2) is 27.0 Å². The molecule has 3 unspecified atom stereocenters. The highest BCUT2D eigenvalue weighted by molar-refractivity contribution is 4.84. The lowest BCUT2D eigenvalue weighted by molar-refractivity contribution is 0.116. The summed E-state index contributed by atoms with van der Waals surface area (Å²) in [6.07, 6.45) is 4.19. The lowest BCUT2D eigenvalue weighted by atomic mass is 10.0. The molecule has 2 N–H and O–H groups in total. The van der Waals surface area contributed by atoms with Gasteiger partial charge in [-0.05, 0) is 18.8 Å². The van der Waals surface area contributed by atoms with Crippen LogP contribution >= 0.6 is 0 Å². The number of aliphatic hydroxyl groups is 2. The number of unbranched alkanes of at least 4 members (excludes halogenated alkanes) is 2. The van der Waals surface area contributed by atoms with Crippen molar-refractivity contribution in [3.05, 3.63) is 44.1 Å². The molecule has 0 saturated carbocycles.